The van der Waals surface area contributed by atoms with Gasteiger partial charge >= 0.3 is 0 Å². The lowest BCUT2D eigenvalue weighted by Crippen LogP contribution is -2.31. The smallest absolute Gasteiger partial charge is 0.0280 e. The molecule has 0 fully saturated rings. The second-order valence-corrected chi connectivity index (χ2v) is 6.98. The third kappa shape index (κ3) is 1.90. The first kappa shape index (κ1) is 13.6. The Morgan fingerprint density at radius 3 is 2.36 bits per heavy atom. The minimum atomic E-state index is 0.153. The van der Waals surface area contributed by atoms with Gasteiger partial charge in [0.1, 0.15) is 0 Å². The van der Waals surface area contributed by atoms with Crippen LogP contribution in [0.4, 0.5) is 0 Å². The van der Waals surface area contributed by atoms with E-state index in [1.807, 2.05) is 0 Å². The van der Waals surface area contributed by atoms with Crippen LogP contribution in [0.2, 0.25) is 0 Å². The van der Waals surface area contributed by atoms with Crippen molar-refractivity contribution < 1.29 is 0 Å². The number of rotatable bonds is 1. The van der Waals surface area contributed by atoms with Crippen molar-refractivity contribution in [2.45, 2.75) is 39.0 Å². The molecule has 0 aromatic heterocycles. The number of hydrogen-bond donors (Lipinski definition) is 0. The van der Waals surface area contributed by atoms with Crippen LogP contribution in [0.1, 0.15) is 41.2 Å². The number of aryl methyl sites for hydroxylation is 2. The summed E-state index contributed by atoms with van der Waals surface area (Å²) < 4.78 is 0. The zero-order valence-corrected chi connectivity index (χ0v) is 13.6. The molecular formula is C22H22. The molecule has 1 unspecified atom stereocenters. The topological polar surface area (TPSA) is 0 Å². The highest BCUT2D eigenvalue weighted by molar-refractivity contribution is 5.72. The van der Waals surface area contributed by atoms with Crippen molar-refractivity contribution >= 4 is 6.08 Å². The molecule has 2 aliphatic rings. The predicted octanol–water partition coefficient (Wildman–Crippen LogP) is 5.53. The van der Waals surface area contributed by atoms with Crippen molar-refractivity contribution in [1.82, 2.24) is 0 Å². The van der Waals surface area contributed by atoms with Crippen molar-refractivity contribution in [3.8, 4) is 0 Å². The zero-order valence-electron chi connectivity index (χ0n) is 13.6. The number of benzene rings is 2. The highest BCUT2D eigenvalue weighted by Crippen LogP contribution is 2.51. The van der Waals surface area contributed by atoms with Gasteiger partial charge in [0.15, 0.2) is 0 Å². The monoisotopic (exact) mass is 286 g/mol. The van der Waals surface area contributed by atoms with Gasteiger partial charge in [0, 0.05) is 5.41 Å². The third-order valence-corrected chi connectivity index (χ3v) is 5.39. The fourth-order valence-electron chi connectivity index (χ4n) is 4.08. The van der Waals surface area contributed by atoms with Crippen molar-refractivity contribution in [2.75, 3.05) is 0 Å². The summed E-state index contributed by atoms with van der Waals surface area (Å²) in [5, 5.41) is 0. The van der Waals surface area contributed by atoms with Crippen LogP contribution in [-0.2, 0) is 11.8 Å². The second kappa shape index (κ2) is 4.71. The Balaban J connectivity index is 1.90. The van der Waals surface area contributed by atoms with Crippen LogP contribution in [0.25, 0.3) is 6.08 Å². The van der Waals surface area contributed by atoms with E-state index in [1.54, 1.807) is 0 Å². The first-order chi connectivity index (χ1) is 10.6. The predicted molar refractivity (Wildman–Crippen MR) is 94.1 cm³/mol. The molecule has 0 amide bonds. The molecule has 0 saturated heterocycles. The van der Waals surface area contributed by atoms with E-state index in [-0.39, 0.29) is 5.41 Å². The summed E-state index contributed by atoms with van der Waals surface area (Å²) in [6.45, 7) is 6.61. The van der Waals surface area contributed by atoms with E-state index in [0.29, 0.717) is 0 Å². The standard InChI is InChI=1S/C22H22/c1-15-5-8-20(9-6-15)22-11-10-17(3)21(22)13-19-12-16(2)4-7-18(19)14-22/h4-10,12-13H,11,14H2,1-3H3. The summed E-state index contributed by atoms with van der Waals surface area (Å²) in [5.41, 5.74) is 10.2. The molecule has 0 bridgehead atoms. The molecule has 1 atom stereocenters. The average Bonchev–Trinajstić information content (AvgIpc) is 2.84. The van der Waals surface area contributed by atoms with Crippen molar-refractivity contribution in [3.63, 3.8) is 0 Å². The highest BCUT2D eigenvalue weighted by Gasteiger charge is 2.42. The average molecular weight is 286 g/mol. The van der Waals surface area contributed by atoms with Crippen molar-refractivity contribution in [2.24, 2.45) is 0 Å². The van der Waals surface area contributed by atoms with E-state index in [1.165, 1.54) is 39.0 Å². The zero-order chi connectivity index (χ0) is 15.3. The fraction of sp³-hybridized carbons (Fsp3) is 0.273. The lowest BCUT2D eigenvalue weighted by atomic mass is 9.66. The second-order valence-electron chi connectivity index (χ2n) is 6.98. The maximum absolute atomic E-state index is 2.44. The van der Waals surface area contributed by atoms with E-state index in [4.69, 9.17) is 0 Å². The minimum Gasteiger partial charge on any atom is -0.0801 e. The van der Waals surface area contributed by atoms with Gasteiger partial charge in [-0.1, -0.05) is 71.3 Å². The molecule has 0 aliphatic heterocycles. The molecular weight excluding hydrogens is 264 g/mol. The summed E-state index contributed by atoms with van der Waals surface area (Å²) in [6.07, 6.45) is 7.10. The van der Waals surface area contributed by atoms with Crippen LogP contribution in [0.3, 0.4) is 0 Å². The van der Waals surface area contributed by atoms with Crippen LogP contribution in [0.5, 0.6) is 0 Å². The molecule has 0 heteroatoms. The summed E-state index contributed by atoms with van der Waals surface area (Å²) in [5.74, 6) is 0. The van der Waals surface area contributed by atoms with Gasteiger partial charge in [-0.3, -0.25) is 0 Å². The molecule has 0 nitrogen and oxygen atoms in total. The van der Waals surface area contributed by atoms with Crippen LogP contribution in [0, 0.1) is 13.8 Å². The molecule has 0 N–H and O–H groups in total. The SMILES string of the molecule is CC1=CCC2(c3ccc(C)cc3)Cc3ccc(C)cc3C=C12. The molecule has 2 aromatic rings. The van der Waals surface area contributed by atoms with Crippen molar-refractivity contribution in [1.29, 1.82) is 0 Å². The van der Waals surface area contributed by atoms with Gasteiger partial charge in [0.2, 0.25) is 0 Å². The Labute approximate surface area is 133 Å². The summed E-state index contributed by atoms with van der Waals surface area (Å²) in [4.78, 5) is 0. The Kier molecular flexibility index (Phi) is 2.91. The lowest BCUT2D eigenvalue weighted by Gasteiger charge is -2.37. The molecule has 0 heterocycles. The first-order valence-electron chi connectivity index (χ1n) is 8.14. The molecule has 0 radical (unpaired) electrons. The van der Waals surface area contributed by atoms with E-state index >= 15 is 0 Å². The lowest BCUT2D eigenvalue weighted by molar-refractivity contribution is 0.528. The van der Waals surface area contributed by atoms with E-state index in [2.05, 4.69) is 75.4 Å². The largest absolute Gasteiger partial charge is 0.0801 e. The Hall–Kier alpha value is -2.08. The van der Waals surface area contributed by atoms with E-state index in [0.717, 1.165) is 12.8 Å². The van der Waals surface area contributed by atoms with Gasteiger partial charge in [-0.15, -0.1) is 0 Å². The molecule has 2 aromatic carbocycles. The summed E-state index contributed by atoms with van der Waals surface area (Å²) >= 11 is 0. The van der Waals surface area contributed by atoms with E-state index < -0.39 is 0 Å². The maximum Gasteiger partial charge on any atom is 0.0280 e. The van der Waals surface area contributed by atoms with Crippen LogP contribution in [-0.4, -0.2) is 0 Å². The molecule has 22 heavy (non-hydrogen) atoms. The molecule has 0 saturated carbocycles. The van der Waals surface area contributed by atoms with Crippen LogP contribution < -0.4 is 0 Å². The quantitative estimate of drug-likeness (QED) is 0.646. The minimum absolute atomic E-state index is 0.153. The summed E-state index contributed by atoms with van der Waals surface area (Å²) in [6, 6.07) is 16.0. The van der Waals surface area contributed by atoms with E-state index in [9.17, 15) is 0 Å². The molecule has 4 rings (SSSR count). The highest BCUT2D eigenvalue weighted by atomic mass is 14.4. The molecule has 110 valence electrons. The number of hydrogen-bond acceptors (Lipinski definition) is 0. The first-order valence-corrected chi connectivity index (χ1v) is 8.14. The maximum atomic E-state index is 2.44. The van der Waals surface area contributed by atoms with Gasteiger partial charge in [-0.2, -0.15) is 0 Å². The number of allylic oxidation sites excluding steroid dienone is 3. The van der Waals surface area contributed by atoms with Gasteiger partial charge in [0.05, 0.1) is 0 Å². The summed E-state index contributed by atoms with van der Waals surface area (Å²) in [7, 11) is 0. The Bertz CT molecular complexity index is 802. The van der Waals surface area contributed by atoms with Crippen molar-refractivity contribution in [3.05, 3.63) is 87.5 Å². The third-order valence-electron chi connectivity index (χ3n) is 5.39. The Morgan fingerprint density at radius 1 is 0.864 bits per heavy atom. The Morgan fingerprint density at radius 2 is 1.59 bits per heavy atom. The normalized spacial score (nSPS) is 22.7. The molecule has 0 spiro atoms. The number of fused-ring (bicyclic) bond motifs is 2. The van der Waals surface area contributed by atoms with Crippen LogP contribution in [0.15, 0.2) is 59.7 Å². The molecule has 2 aliphatic carbocycles. The van der Waals surface area contributed by atoms with Crippen LogP contribution >= 0.6 is 0 Å². The fourth-order valence-corrected chi connectivity index (χ4v) is 4.08. The van der Waals surface area contributed by atoms with Gasteiger partial charge in [0.25, 0.3) is 0 Å². The van der Waals surface area contributed by atoms with Gasteiger partial charge in [-0.05, 0) is 55.9 Å². The van der Waals surface area contributed by atoms with Gasteiger partial charge < -0.3 is 0 Å². The van der Waals surface area contributed by atoms with Gasteiger partial charge in [-0.25, -0.2) is 0 Å².